The number of rotatable bonds is 5. The SMILES string of the molecule is COc1cc(C=CC(=O)NC2CCCCC2)ccc1OC(C)=O. The molecule has 0 atom stereocenters. The molecule has 1 aromatic rings. The van der Waals surface area contributed by atoms with E-state index in [9.17, 15) is 9.59 Å². The van der Waals surface area contributed by atoms with E-state index in [-0.39, 0.29) is 5.91 Å². The summed E-state index contributed by atoms with van der Waals surface area (Å²) in [6.07, 6.45) is 8.99. The van der Waals surface area contributed by atoms with Gasteiger partial charge in [-0.1, -0.05) is 25.3 Å². The van der Waals surface area contributed by atoms with E-state index in [1.165, 1.54) is 39.4 Å². The first-order chi connectivity index (χ1) is 11.1. The highest BCUT2D eigenvalue weighted by molar-refractivity contribution is 5.92. The average Bonchev–Trinajstić information content (AvgIpc) is 2.54. The lowest BCUT2D eigenvalue weighted by Crippen LogP contribution is -2.34. The van der Waals surface area contributed by atoms with Gasteiger partial charge in [-0.2, -0.15) is 0 Å². The summed E-state index contributed by atoms with van der Waals surface area (Å²) in [4.78, 5) is 23.0. The van der Waals surface area contributed by atoms with E-state index in [2.05, 4.69) is 5.32 Å². The second-order valence-electron chi connectivity index (χ2n) is 5.68. The zero-order chi connectivity index (χ0) is 16.7. The first-order valence-electron chi connectivity index (χ1n) is 7.93. The maximum atomic E-state index is 12.0. The largest absolute Gasteiger partial charge is 0.493 e. The van der Waals surface area contributed by atoms with Gasteiger partial charge >= 0.3 is 5.97 Å². The van der Waals surface area contributed by atoms with Crippen molar-refractivity contribution in [2.24, 2.45) is 0 Å². The maximum absolute atomic E-state index is 12.0. The molecule has 23 heavy (non-hydrogen) atoms. The van der Waals surface area contributed by atoms with Crippen LogP contribution in [0.15, 0.2) is 24.3 Å². The molecule has 2 rings (SSSR count). The van der Waals surface area contributed by atoms with Crippen molar-refractivity contribution in [1.82, 2.24) is 5.32 Å². The van der Waals surface area contributed by atoms with E-state index in [4.69, 9.17) is 9.47 Å². The molecule has 1 aromatic carbocycles. The Hall–Kier alpha value is -2.30. The van der Waals surface area contributed by atoms with E-state index in [0.717, 1.165) is 18.4 Å². The Bertz CT molecular complexity index is 589. The molecule has 0 aromatic heterocycles. The maximum Gasteiger partial charge on any atom is 0.308 e. The van der Waals surface area contributed by atoms with Crippen LogP contribution in [0.3, 0.4) is 0 Å². The molecule has 1 saturated carbocycles. The zero-order valence-electron chi connectivity index (χ0n) is 13.6. The van der Waals surface area contributed by atoms with Gasteiger partial charge in [-0.05, 0) is 36.6 Å². The predicted molar refractivity (Wildman–Crippen MR) is 88.4 cm³/mol. The number of methoxy groups -OCH3 is 1. The quantitative estimate of drug-likeness (QED) is 0.515. The van der Waals surface area contributed by atoms with Crippen LogP contribution in [0.25, 0.3) is 6.08 Å². The fraction of sp³-hybridized carbons (Fsp3) is 0.444. The summed E-state index contributed by atoms with van der Waals surface area (Å²) in [5.41, 5.74) is 0.802. The molecule has 0 heterocycles. The summed E-state index contributed by atoms with van der Waals surface area (Å²) in [5, 5.41) is 3.03. The molecule has 0 spiro atoms. The molecule has 124 valence electrons. The van der Waals surface area contributed by atoms with Crippen molar-refractivity contribution < 1.29 is 19.1 Å². The van der Waals surface area contributed by atoms with Crippen LogP contribution in [0.1, 0.15) is 44.6 Å². The monoisotopic (exact) mass is 317 g/mol. The molecule has 0 radical (unpaired) electrons. The number of hydrogen-bond donors (Lipinski definition) is 1. The van der Waals surface area contributed by atoms with Gasteiger partial charge in [0.1, 0.15) is 0 Å². The Balaban J connectivity index is 1.98. The number of carbonyl (C=O) groups is 2. The second-order valence-corrected chi connectivity index (χ2v) is 5.68. The molecule has 5 nitrogen and oxygen atoms in total. The number of ether oxygens (including phenoxy) is 2. The van der Waals surface area contributed by atoms with Crippen molar-refractivity contribution >= 4 is 18.0 Å². The molecule has 1 amide bonds. The van der Waals surface area contributed by atoms with Crippen LogP contribution < -0.4 is 14.8 Å². The lowest BCUT2D eigenvalue weighted by atomic mass is 9.95. The molecule has 5 heteroatoms. The molecule has 1 N–H and O–H groups in total. The Morgan fingerprint density at radius 2 is 1.91 bits per heavy atom. The first kappa shape index (κ1) is 17.1. The van der Waals surface area contributed by atoms with Crippen molar-refractivity contribution in [2.45, 2.75) is 45.1 Å². The van der Waals surface area contributed by atoms with Gasteiger partial charge in [-0.15, -0.1) is 0 Å². The highest BCUT2D eigenvalue weighted by Crippen LogP contribution is 2.28. The lowest BCUT2D eigenvalue weighted by Gasteiger charge is -2.21. The molecular weight excluding hydrogens is 294 g/mol. The highest BCUT2D eigenvalue weighted by atomic mass is 16.6. The molecular formula is C18H23NO4. The summed E-state index contributed by atoms with van der Waals surface area (Å²) < 4.78 is 10.3. The molecule has 0 bridgehead atoms. The van der Waals surface area contributed by atoms with Crippen LogP contribution in [-0.2, 0) is 9.59 Å². The van der Waals surface area contributed by atoms with Gasteiger partial charge < -0.3 is 14.8 Å². The lowest BCUT2D eigenvalue weighted by molar-refractivity contribution is -0.132. The predicted octanol–water partition coefficient (Wildman–Crippen LogP) is 3.08. The van der Waals surface area contributed by atoms with Crippen LogP contribution in [0.4, 0.5) is 0 Å². The average molecular weight is 317 g/mol. The fourth-order valence-electron chi connectivity index (χ4n) is 2.70. The van der Waals surface area contributed by atoms with Crippen LogP contribution >= 0.6 is 0 Å². The van der Waals surface area contributed by atoms with Gasteiger partial charge in [-0.25, -0.2) is 0 Å². The van der Waals surface area contributed by atoms with Gasteiger partial charge in [0.05, 0.1) is 7.11 Å². The molecule has 1 fully saturated rings. The number of carbonyl (C=O) groups excluding carboxylic acids is 2. The summed E-state index contributed by atoms with van der Waals surface area (Å²) in [6, 6.07) is 5.44. The van der Waals surface area contributed by atoms with Crippen molar-refractivity contribution in [3.63, 3.8) is 0 Å². The summed E-state index contributed by atoms with van der Waals surface area (Å²) in [6.45, 7) is 1.34. The standard InChI is InChI=1S/C18H23NO4/c1-13(20)23-16-10-8-14(12-17(16)22-2)9-11-18(21)19-15-6-4-3-5-7-15/h8-12,15H,3-7H2,1-2H3,(H,19,21). The van der Waals surface area contributed by atoms with Crippen molar-refractivity contribution in [1.29, 1.82) is 0 Å². The second kappa shape index (κ2) is 8.36. The van der Waals surface area contributed by atoms with Crippen molar-refractivity contribution in [2.75, 3.05) is 7.11 Å². The molecule has 1 aliphatic rings. The molecule has 1 aliphatic carbocycles. The normalized spacial score (nSPS) is 15.4. The van der Waals surface area contributed by atoms with Crippen molar-refractivity contribution in [3.05, 3.63) is 29.8 Å². The highest BCUT2D eigenvalue weighted by Gasteiger charge is 2.14. The smallest absolute Gasteiger partial charge is 0.308 e. The number of nitrogens with one attached hydrogen (secondary N) is 1. The molecule has 0 unspecified atom stereocenters. The summed E-state index contributed by atoms with van der Waals surface area (Å²) in [7, 11) is 1.51. The van der Waals surface area contributed by atoms with Crippen LogP contribution in [-0.4, -0.2) is 25.0 Å². The van der Waals surface area contributed by atoms with Gasteiger partial charge in [0.15, 0.2) is 11.5 Å². The van der Waals surface area contributed by atoms with E-state index < -0.39 is 5.97 Å². The number of hydrogen-bond acceptors (Lipinski definition) is 4. The number of esters is 1. The third-order valence-electron chi connectivity index (χ3n) is 3.82. The van der Waals surface area contributed by atoms with Crippen LogP contribution in [0, 0.1) is 0 Å². The Kier molecular flexibility index (Phi) is 6.20. The van der Waals surface area contributed by atoms with E-state index >= 15 is 0 Å². The first-order valence-corrected chi connectivity index (χ1v) is 7.93. The Labute approximate surface area is 136 Å². The van der Waals surface area contributed by atoms with E-state index in [1.54, 1.807) is 24.3 Å². The van der Waals surface area contributed by atoms with Gasteiger partial charge in [0, 0.05) is 19.0 Å². The van der Waals surface area contributed by atoms with Crippen molar-refractivity contribution in [3.8, 4) is 11.5 Å². The van der Waals surface area contributed by atoms with E-state index in [1.807, 2.05) is 0 Å². The molecule has 0 aliphatic heterocycles. The fourth-order valence-corrected chi connectivity index (χ4v) is 2.70. The summed E-state index contributed by atoms with van der Waals surface area (Å²) in [5.74, 6) is 0.331. The van der Waals surface area contributed by atoms with Gasteiger partial charge in [-0.3, -0.25) is 9.59 Å². The summed E-state index contributed by atoms with van der Waals surface area (Å²) >= 11 is 0. The topological polar surface area (TPSA) is 64.6 Å². The van der Waals surface area contributed by atoms with Crippen LogP contribution in [0.2, 0.25) is 0 Å². The molecule has 0 saturated heterocycles. The third kappa shape index (κ3) is 5.43. The van der Waals surface area contributed by atoms with Gasteiger partial charge in [0.2, 0.25) is 5.91 Å². The Morgan fingerprint density at radius 3 is 2.57 bits per heavy atom. The minimum atomic E-state index is -0.404. The van der Waals surface area contributed by atoms with Gasteiger partial charge in [0.25, 0.3) is 0 Å². The van der Waals surface area contributed by atoms with Crippen LogP contribution in [0.5, 0.6) is 11.5 Å². The zero-order valence-corrected chi connectivity index (χ0v) is 13.6. The number of benzene rings is 1. The Morgan fingerprint density at radius 1 is 1.17 bits per heavy atom. The minimum Gasteiger partial charge on any atom is -0.493 e. The third-order valence-corrected chi connectivity index (χ3v) is 3.82. The minimum absolute atomic E-state index is 0.0834. The van der Waals surface area contributed by atoms with E-state index in [0.29, 0.717) is 17.5 Å². The number of amides is 1.